The van der Waals surface area contributed by atoms with Crippen LogP contribution in [0.1, 0.15) is 44.1 Å². The number of anilines is 1. The highest BCUT2D eigenvalue weighted by Crippen LogP contribution is 2.42. The molecule has 13 rings (SSSR count). The number of likely N-dealkylation sites (tertiary alicyclic amines) is 2. The molecule has 388 valence electrons. The van der Waals surface area contributed by atoms with Gasteiger partial charge in [-0.15, -0.1) is 6.42 Å². The van der Waals surface area contributed by atoms with Gasteiger partial charge in [0.25, 0.3) is 6.01 Å². The molecule has 6 saturated heterocycles. The van der Waals surface area contributed by atoms with Crippen LogP contribution >= 0.6 is 11.6 Å². The molecular weight excluding hydrogens is 982 g/mol. The summed E-state index contributed by atoms with van der Waals surface area (Å²) in [5, 5.41) is 15.9. The van der Waals surface area contributed by atoms with Crippen LogP contribution in [-0.2, 0) is 9.47 Å². The molecule has 0 aliphatic carbocycles. The highest BCUT2D eigenvalue weighted by Gasteiger charge is 2.49. The van der Waals surface area contributed by atoms with Crippen molar-refractivity contribution in [1.82, 2.24) is 45.0 Å². The lowest BCUT2D eigenvalue weighted by Gasteiger charge is -2.47. The van der Waals surface area contributed by atoms with Crippen molar-refractivity contribution in [3.05, 3.63) is 89.1 Å². The maximum absolute atomic E-state index is 17.0. The van der Waals surface area contributed by atoms with Gasteiger partial charge in [-0.3, -0.25) is 14.8 Å². The fourth-order valence-electron chi connectivity index (χ4n) is 12.3. The van der Waals surface area contributed by atoms with Crippen molar-refractivity contribution in [3.63, 3.8) is 0 Å². The zero-order valence-corrected chi connectivity index (χ0v) is 42.1. The average Bonchev–Trinajstić information content (AvgIpc) is 4.21. The third kappa shape index (κ3) is 9.36. The van der Waals surface area contributed by atoms with Gasteiger partial charge in [0, 0.05) is 61.0 Å². The molecule has 6 fully saturated rings. The Morgan fingerprint density at radius 2 is 1.57 bits per heavy atom. The summed E-state index contributed by atoms with van der Waals surface area (Å²) in [5.41, 5.74) is 3.51. The molecule has 3 N–H and O–H groups in total. The van der Waals surface area contributed by atoms with Gasteiger partial charge >= 0.3 is 6.01 Å². The van der Waals surface area contributed by atoms with E-state index < -0.39 is 29.9 Å². The van der Waals surface area contributed by atoms with Crippen LogP contribution in [0.5, 0.6) is 17.8 Å². The lowest BCUT2D eigenvalue weighted by atomic mass is 9.71. The predicted octanol–water partition coefficient (Wildman–Crippen LogP) is 7.18. The summed E-state index contributed by atoms with van der Waals surface area (Å²) in [6, 6.07) is 19.0. The van der Waals surface area contributed by atoms with Crippen molar-refractivity contribution in [1.29, 1.82) is 0 Å². The van der Waals surface area contributed by atoms with Crippen LogP contribution in [0.3, 0.4) is 0 Å². The number of ether oxygens (including phenoxy) is 5. The number of H-pyrrole nitrogens is 1. The van der Waals surface area contributed by atoms with Crippen LogP contribution in [0, 0.1) is 29.4 Å². The van der Waals surface area contributed by atoms with E-state index in [1.54, 1.807) is 30.5 Å². The molecule has 2 unspecified atom stereocenters. The molecule has 6 aliphatic rings. The number of halogens is 3. The molecule has 3 aromatic carbocycles. The predicted molar refractivity (Wildman–Crippen MR) is 279 cm³/mol. The highest BCUT2D eigenvalue weighted by molar-refractivity contribution is 6.33. The number of aromatic amines is 1. The van der Waals surface area contributed by atoms with Crippen molar-refractivity contribution >= 4 is 50.3 Å². The number of nitrogens with one attached hydrogen (secondary N) is 2. The van der Waals surface area contributed by atoms with Crippen molar-refractivity contribution in [3.8, 4) is 52.6 Å². The molecule has 4 aromatic heterocycles. The first-order valence-electron chi connectivity index (χ1n) is 26.1. The van der Waals surface area contributed by atoms with Crippen molar-refractivity contribution in [2.24, 2.45) is 5.41 Å². The maximum atomic E-state index is 17.0. The monoisotopic (exact) mass is 1040 g/mol. The third-order valence-electron chi connectivity index (χ3n) is 16.5. The van der Waals surface area contributed by atoms with Gasteiger partial charge in [0.05, 0.1) is 40.4 Å². The number of nitrogens with zero attached hydrogens (tertiary/aromatic N) is 8. The van der Waals surface area contributed by atoms with E-state index in [1.165, 1.54) is 6.07 Å². The molecular formula is C56H57ClF2N10O6. The summed E-state index contributed by atoms with van der Waals surface area (Å²) in [6.07, 6.45) is 12.3. The normalized spacial score (nSPS) is 24.6. The van der Waals surface area contributed by atoms with E-state index in [0.717, 1.165) is 95.7 Å². The Hall–Kier alpha value is -6.30. The second kappa shape index (κ2) is 20.0. The quantitative estimate of drug-likeness (QED) is 0.0994. The molecule has 1 spiro atoms. The first kappa shape index (κ1) is 48.3. The summed E-state index contributed by atoms with van der Waals surface area (Å²) < 4.78 is 61.9. The van der Waals surface area contributed by atoms with Crippen molar-refractivity contribution < 1.29 is 37.6 Å². The molecule has 10 heterocycles. The van der Waals surface area contributed by atoms with E-state index in [4.69, 9.17) is 56.7 Å². The molecule has 2 bridgehead atoms. The topological polar surface area (TPSA) is 168 Å². The summed E-state index contributed by atoms with van der Waals surface area (Å²) in [6.45, 7) is 8.53. The minimum absolute atomic E-state index is 0.0424. The molecule has 75 heavy (non-hydrogen) atoms. The fourth-order valence-corrected chi connectivity index (χ4v) is 12.5. The number of fused-ring (bicyclic) bond motifs is 6. The van der Waals surface area contributed by atoms with E-state index in [2.05, 4.69) is 40.9 Å². The van der Waals surface area contributed by atoms with Gasteiger partial charge in [0.15, 0.2) is 17.6 Å². The Balaban J connectivity index is 0.599. The van der Waals surface area contributed by atoms with E-state index in [-0.39, 0.29) is 41.5 Å². The molecule has 0 radical (unpaired) electrons. The SMILES string of the molecule is C#Cc1c(F)ccc2cccc(-c3ncc4c(N5CC6CCC(C5)N6)nc(OCCN5CCC6(CCN(CCOc7ccc(-c8nc9nc(O[C@@H]%10CO[C@H]%11[C@@H]%10OC[C@H]%11O)[nH]c9cc8Cl)cc7)CC6)CC5)nc4c3F)c12. The lowest BCUT2D eigenvalue weighted by molar-refractivity contribution is 0.00706. The standard InChI is InChI=1S/C56H57ClF2N10O6/c1-2-37-41(58)13-8-32-4-3-5-38(45(32)37)48-46(59)49-39(27-60-48)53(69-28-34-9-10-35(29-69)61-34)66-54(64-49)72-25-23-68-20-16-56(17-21-68)14-18-67(19-15-56)22-24-71-36-11-6-33(7-12-36)47-40(57)26-42-52(63-47)65-55(62-42)75-44-31-74-50-43(70)30-73-51(44)50/h1,3-8,11-13,26-27,34-35,43-44,50-51,61,70H,9-10,14-25,28-31H2,(H,62,63,65)/t34?,35?,43-,44-,50-,51-/m1/s1. The number of aromatic nitrogens is 6. The molecule has 19 heteroatoms. The number of benzene rings is 3. The van der Waals surface area contributed by atoms with E-state index in [0.29, 0.717) is 93.3 Å². The molecule has 0 amide bonds. The maximum Gasteiger partial charge on any atom is 0.319 e. The van der Waals surface area contributed by atoms with Gasteiger partial charge in [-0.05, 0) is 112 Å². The van der Waals surface area contributed by atoms with Gasteiger partial charge in [-0.1, -0.05) is 41.8 Å². The Morgan fingerprint density at radius 1 is 0.840 bits per heavy atom. The minimum Gasteiger partial charge on any atom is -0.492 e. The number of hydrogen-bond donors (Lipinski definition) is 3. The summed E-state index contributed by atoms with van der Waals surface area (Å²) in [5.74, 6) is 2.68. The Morgan fingerprint density at radius 3 is 2.32 bits per heavy atom. The zero-order chi connectivity index (χ0) is 50.8. The van der Waals surface area contributed by atoms with Gasteiger partial charge in [-0.25, -0.2) is 13.8 Å². The molecule has 6 aliphatic heterocycles. The second-order valence-corrected chi connectivity index (χ2v) is 21.4. The van der Waals surface area contributed by atoms with Gasteiger partial charge in [0.2, 0.25) is 0 Å². The third-order valence-corrected chi connectivity index (χ3v) is 16.8. The zero-order valence-electron chi connectivity index (χ0n) is 41.3. The average molecular weight is 1040 g/mol. The van der Waals surface area contributed by atoms with Crippen LogP contribution in [0.25, 0.3) is 55.4 Å². The lowest BCUT2D eigenvalue weighted by Crippen LogP contribution is -2.51. The van der Waals surface area contributed by atoms with Crippen LogP contribution in [0.4, 0.5) is 14.6 Å². The van der Waals surface area contributed by atoms with Crippen LogP contribution in [-0.4, -0.2) is 160 Å². The fraction of sp³-hybridized carbons (Fsp3) is 0.446. The first-order chi connectivity index (χ1) is 36.6. The molecule has 16 nitrogen and oxygen atoms in total. The number of piperidine rings is 2. The van der Waals surface area contributed by atoms with Crippen LogP contribution in [0.2, 0.25) is 5.02 Å². The Kier molecular flexibility index (Phi) is 12.9. The number of aliphatic hydroxyl groups is 1. The van der Waals surface area contributed by atoms with Gasteiger partial charge < -0.3 is 44.0 Å². The Labute approximate surface area is 437 Å². The number of rotatable bonds is 13. The van der Waals surface area contributed by atoms with Crippen LogP contribution < -0.4 is 24.4 Å². The van der Waals surface area contributed by atoms with Crippen molar-refractivity contribution in [2.45, 2.75) is 75.0 Å². The summed E-state index contributed by atoms with van der Waals surface area (Å²) >= 11 is 6.72. The van der Waals surface area contributed by atoms with Crippen LogP contribution in [0.15, 0.2) is 66.9 Å². The smallest absolute Gasteiger partial charge is 0.319 e. The van der Waals surface area contributed by atoms with Gasteiger partial charge in [-0.2, -0.15) is 15.0 Å². The van der Waals surface area contributed by atoms with E-state index in [1.807, 2.05) is 30.3 Å². The number of imidazole rings is 1. The molecule has 0 saturated carbocycles. The first-order valence-corrected chi connectivity index (χ1v) is 26.5. The summed E-state index contributed by atoms with van der Waals surface area (Å²) in [7, 11) is 0. The van der Waals surface area contributed by atoms with E-state index in [9.17, 15) is 9.50 Å². The second-order valence-electron chi connectivity index (χ2n) is 21.0. The van der Waals surface area contributed by atoms with Gasteiger partial charge in [0.1, 0.15) is 60.1 Å². The van der Waals surface area contributed by atoms with Crippen molar-refractivity contribution in [2.75, 3.05) is 83.7 Å². The molecule has 6 atom stereocenters. The number of terminal acetylenes is 1. The number of piperazine rings is 1. The number of aliphatic hydroxyl groups excluding tert-OH is 1. The Bertz CT molecular complexity index is 3310. The highest BCUT2D eigenvalue weighted by atomic mass is 35.5. The largest absolute Gasteiger partial charge is 0.492 e. The summed E-state index contributed by atoms with van der Waals surface area (Å²) in [4.78, 5) is 33.8. The number of pyridine rings is 2. The van der Waals surface area contributed by atoms with E-state index >= 15 is 4.39 Å². The minimum atomic E-state index is -0.660. The molecule has 7 aromatic rings. The number of hydrogen-bond acceptors (Lipinski definition) is 15.